The van der Waals surface area contributed by atoms with Gasteiger partial charge in [-0.3, -0.25) is 4.79 Å². The van der Waals surface area contributed by atoms with E-state index in [-0.39, 0.29) is 6.04 Å². The van der Waals surface area contributed by atoms with Gasteiger partial charge in [-0.25, -0.2) is 0 Å². The molecule has 2 rings (SSSR count). The number of benzene rings is 1. The molecule has 1 aromatic carbocycles. The number of carbonyl (C=O) groups is 1. The fourth-order valence-electron chi connectivity index (χ4n) is 3.16. The summed E-state index contributed by atoms with van der Waals surface area (Å²) in [5.41, 5.74) is 1.13. The minimum Gasteiger partial charge on any atom is -0.491 e. The highest BCUT2D eigenvalue weighted by molar-refractivity contribution is 6.32. The Labute approximate surface area is 150 Å². The van der Waals surface area contributed by atoms with Crippen LogP contribution in [0, 0.1) is 12.8 Å². The van der Waals surface area contributed by atoms with Crippen LogP contribution in [-0.4, -0.2) is 55.0 Å². The zero-order valence-corrected chi connectivity index (χ0v) is 16.0. The maximum Gasteiger partial charge on any atom is 0.222 e. The van der Waals surface area contributed by atoms with Gasteiger partial charge in [-0.2, -0.15) is 0 Å². The summed E-state index contributed by atoms with van der Waals surface area (Å²) in [4.78, 5) is 16.2. The van der Waals surface area contributed by atoms with Gasteiger partial charge in [0, 0.05) is 32.1 Å². The van der Waals surface area contributed by atoms with Crippen LogP contribution in [-0.2, 0) is 4.79 Å². The zero-order valence-electron chi connectivity index (χ0n) is 15.2. The lowest BCUT2D eigenvalue weighted by molar-refractivity contribution is -0.136. The summed E-state index contributed by atoms with van der Waals surface area (Å²) < 4.78 is 5.79. The summed E-state index contributed by atoms with van der Waals surface area (Å²) in [5, 5.41) is 0.663. The Morgan fingerprint density at radius 1 is 1.42 bits per heavy atom. The third kappa shape index (κ3) is 5.38. The van der Waals surface area contributed by atoms with Crippen LogP contribution < -0.4 is 4.74 Å². The fourth-order valence-corrected chi connectivity index (χ4v) is 3.45. The van der Waals surface area contributed by atoms with E-state index in [0.717, 1.165) is 37.4 Å². The summed E-state index contributed by atoms with van der Waals surface area (Å²) in [6, 6.07) is 6.13. The van der Waals surface area contributed by atoms with E-state index in [0.29, 0.717) is 29.9 Å². The standard InChI is InChI=1S/C19H29ClN2O2/c1-14(2)22-13-16(6-8-19(22)23)12-21(4)9-10-24-18-7-5-15(3)11-17(18)20/h5,7,11,14,16H,6,8-10,12-13H2,1-4H3. The first-order chi connectivity index (χ1) is 11.4. The van der Waals surface area contributed by atoms with Gasteiger partial charge in [0.15, 0.2) is 0 Å². The number of likely N-dealkylation sites (tertiary alicyclic amines) is 1. The highest BCUT2D eigenvalue weighted by Crippen LogP contribution is 2.25. The average molecular weight is 353 g/mol. The van der Waals surface area contributed by atoms with E-state index < -0.39 is 0 Å². The van der Waals surface area contributed by atoms with Crippen molar-refractivity contribution < 1.29 is 9.53 Å². The lowest BCUT2D eigenvalue weighted by Gasteiger charge is -2.37. The van der Waals surface area contributed by atoms with Crippen molar-refractivity contribution in [1.82, 2.24) is 9.80 Å². The number of aryl methyl sites for hydroxylation is 1. The number of nitrogens with zero attached hydrogens (tertiary/aromatic N) is 2. The molecule has 24 heavy (non-hydrogen) atoms. The number of carbonyl (C=O) groups excluding carboxylic acids is 1. The van der Waals surface area contributed by atoms with Crippen LogP contribution in [0.2, 0.25) is 5.02 Å². The van der Waals surface area contributed by atoms with Gasteiger partial charge < -0.3 is 14.5 Å². The molecule has 0 aromatic heterocycles. The Hall–Kier alpha value is -1.26. The van der Waals surface area contributed by atoms with Crippen molar-refractivity contribution in [3.8, 4) is 5.75 Å². The predicted molar refractivity (Wildman–Crippen MR) is 98.8 cm³/mol. The Bertz CT molecular complexity index is 562. The first kappa shape index (κ1) is 19.1. The van der Waals surface area contributed by atoms with Crippen molar-refractivity contribution in [2.45, 2.75) is 39.7 Å². The molecule has 1 heterocycles. The lowest BCUT2D eigenvalue weighted by atomic mass is 9.96. The summed E-state index contributed by atoms with van der Waals surface area (Å²) in [6.07, 6.45) is 1.66. The molecule has 1 unspecified atom stereocenters. The number of hydrogen-bond acceptors (Lipinski definition) is 3. The molecule has 1 fully saturated rings. The van der Waals surface area contributed by atoms with Crippen LogP contribution in [0.15, 0.2) is 18.2 Å². The van der Waals surface area contributed by atoms with E-state index in [1.54, 1.807) is 0 Å². The number of rotatable bonds is 7. The Morgan fingerprint density at radius 2 is 2.17 bits per heavy atom. The van der Waals surface area contributed by atoms with Crippen molar-refractivity contribution in [3.63, 3.8) is 0 Å². The molecule has 1 aliphatic rings. The number of ether oxygens (including phenoxy) is 1. The minimum atomic E-state index is 0.289. The number of hydrogen-bond donors (Lipinski definition) is 0. The molecule has 0 radical (unpaired) electrons. The molecule has 1 amide bonds. The smallest absolute Gasteiger partial charge is 0.222 e. The Morgan fingerprint density at radius 3 is 2.83 bits per heavy atom. The summed E-state index contributed by atoms with van der Waals surface area (Å²) in [6.45, 7) is 9.49. The van der Waals surface area contributed by atoms with E-state index in [9.17, 15) is 4.79 Å². The second-order valence-corrected chi connectivity index (χ2v) is 7.50. The normalized spacial score (nSPS) is 18.5. The van der Waals surface area contributed by atoms with Gasteiger partial charge in [-0.15, -0.1) is 0 Å². The van der Waals surface area contributed by atoms with E-state index >= 15 is 0 Å². The van der Waals surface area contributed by atoms with Gasteiger partial charge in [0.25, 0.3) is 0 Å². The van der Waals surface area contributed by atoms with Crippen LogP contribution in [0.3, 0.4) is 0 Å². The molecular weight excluding hydrogens is 324 g/mol. The molecule has 134 valence electrons. The molecular formula is C19H29ClN2O2. The third-order valence-corrected chi connectivity index (χ3v) is 4.85. The lowest BCUT2D eigenvalue weighted by Crippen LogP contribution is -2.46. The van der Waals surface area contributed by atoms with Crippen LogP contribution in [0.1, 0.15) is 32.3 Å². The quantitative estimate of drug-likeness (QED) is 0.751. The van der Waals surface area contributed by atoms with Crippen molar-refractivity contribution >= 4 is 17.5 Å². The fraction of sp³-hybridized carbons (Fsp3) is 0.632. The van der Waals surface area contributed by atoms with Gasteiger partial charge in [0.2, 0.25) is 5.91 Å². The van der Waals surface area contributed by atoms with Crippen LogP contribution in [0.25, 0.3) is 0 Å². The van der Waals surface area contributed by atoms with Crippen molar-refractivity contribution in [3.05, 3.63) is 28.8 Å². The van der Waals surface area contributed by atoms with Gasteiger partial charge >= 0.3 is 0 Å². The molecule has 0 bridgehead atoms. The number of piperidine rings is 1. The van der Waals surface area contributed by atoms with Crippen molar-refractivity contribution in [2.24, 2.45) is 5.92 Å². The van der Waals surface area contributed by atoms with Crippen LogP contribution in [0.4, 0.5) is 0 Å². The summed E-state index contributed by atoms with van der Waals surface area (Å²) in [5.74, 6) is 1.57. The van der Waals surface area contributed by atoms with Crippen LogP contribution >= 0.6 is 11.6 Å². The second kappa shape index (κ2) is 8.72. The van der Waals surface area contributed by atoms with Gasteiger partial charge in [0.05, 0.1) is 5.02 Å². The number of likely N-dealkylation sites (N-methyl/N-ethyl adjacent to an activating group) is 1. The largest absolute Gasteiger partial charge is 0.491 e. The highest BCUT2D eigenvalue weighted by atomic mass is 35.5. The molecule has 1 aromatic rings. The van der Waals surface area contributed by atoms with E-state index in [1.807, 2.05) is 30.0 Å². The monoisotopic (exact) mass is 352 g/mol. The van der Waals surface area contributed by atoms with Crippen molar-refractivity contribution in [2.75, 3.05) is 33.3 Å². The van der Waals surface area contributed by atoms with Gasteiger partial charge in [0.1, 0.15) is 12.4 Å². The average Bonchev–Trinajstić information content (AvgIpc) is 2.51. The first-order valence-electron chi connectivity index (χ1n) is 8.73. The molecule has 0 aliphatic carbocycles. The molecule has 1 saturated heterocycles. The maximum absolute atomic E-state index is 11.9. The molecule has 0 N–H and O–H groups in total. The highest BCUT2D eigenvalue weighted by Gasteiger charge is 2.27. The van der Waals surface area contributed by atoms with Crippen LogP contribution in [0.5, 0.6) is 5.75 Å². The van der Waals surface area contributed by atoms with Gasteiger partial charge in [-0.05, 0) is 57.9 Å². The SMILES string of the molecule is Cc1ccc(OCCN(C)CC2CCC(=O)N(C(C)C)C2)c(Cl)c1. The van der Waals surface area contributed by atoms with Gasteiger partial charge in [-0.1, -0.05) is 17.7 Å². The zero-order chi connectivity index (χ0) is 17.7. The Balaban J connectivity index is 1.75. The summed E-state index contributed by atoms with van der Waals surface area (Å²) >= 11 is 6.18. The molecule has 0 spiro atoms. The summed E-state index contributed by atoms with van der Waals surface area (Å²) in [7, 11) is 2.11. The maximum atomic E-state index is 11.9. The molecule has 1 aliphatic heterocycles. The number of halogens is 1. The topological polar surface area (TPSA) is 32.8 Å². The molecule has 1 atom stereocenters. The molecule has 4 nitrogen and oxygen atoms in total. The van der Waals surface area contributed by atoms with E-state index in [2.05, 4.69) is 25.8 Å². The predicted octanol–water partition coefficient (Wildman–Crippen LogP) is 3.61. The molecule has 0 saturated carbocycles. The first-order valence-corrected chi connectivity index (χ1v) is 9.11. The third-order valence-electron chi connectivity index (χ3n) is 4.55. The van der Waals surface area contributed by atoms with Crippen molar-refractivity contribution in [1.29, 1.82) is 0 Å². The number of amides is 1. The Kier molecular flexibility index (Phi) is 6.93. The molecule has 5 heteroatoms. The second-order valence-electron chi connectivity index (χ2n) is 7.09. The van der Waals surface area contributed by atoms with E-state index in [1.165, 1.54) is 0 Å². The minimum absolute atomic E-state index is 0.289. The van der Waals surface area contributed by atoms with E-state index in [4.69, 9.17) is 16.3 Å².